The molecular weight excluding hydrogens is 833 g/mol. The van der Waals surface area contributed by atoms with Gasteiger partial charge < -0.3 is 4.42 Å². The summed E-state index contributed by atoms with van der Waals surface area (Å²) in [6, 6.07) is 91.6. The average Bonchev–Trinajstić information content (AvgIpc) is 3.90. The molecule has 0 saturated heterocycles. The van der Waals surface area contributed by atoms with Gasteiger partial charge in [-0.1, -0.05) is 232 Å². The lowest BCUT2D eigenvalue weighted by Crippen LogP contribution is -2.16. The van der Waals surface area contributed by atoms with E-state index in [4.69, 9.17) is 4.42 Å². The fourth-order valence-corrected chi connectivity index (χ4v) is 11.0. The minimum Gasteiger partial charge on any atom is -0.456 e. The van der Waals surface area contributed by atoms with E-state index in [9.17, 15) is 0 Å². The summed E-state index contributed by atoms with van der Waals surface area (Å²) in [5.74, 6) is 0.0297. The first-order valence-electron chi connectivity index (χ1n) is 24.1. The fourth-order valence-electron chi connectivity index (χ4n) is 11.0. The van der Waals surface area contributed by atoms with Gasteiger partial charge in [0.15, 0.2) is 0 Å². The highest BCUT2D eigenvalue weighted by Crippen LogP contribution is 2.51. The van der Waals surface area contributed by atoms with E-state index in [0.717, 1.165) is 27.5 Å². The van der Waals surface area contributed by atoms with Crippen molar-refractivity contribution >= 4 is 32.7 Å². The molecule has 326 valence electrons. The lowest BCUT2D eigenvalue weighted by Gasteiger charge is -2.25. The first kappa shape index (κ1) is 40.7. The van der Waals surface area contributed by atoms with Gasteiger partial charge in [-0.05, 0) is 136 Å². The van der Waals surface area contributed by atoms with Crippen LogP contribution in [0.1, 0.15) is 47.6 Å². The van der Waals surface area contributed by atoms with Crippen molar-refractivity contribution in [2.24, 2.45) is 0 Å². The van der Waals surface area contributed by atoms with E-state index in [1.165, 1.54) is 99.8 Å². The molecule has 1 heterocycles. The Hall–Kier alpha value is -8.52. The summed E-state index contributed by atoms with van der Waals surface area (Å²) in [6.45, 7) is 4.80. The molecule has 1 unspecified atom stereocenters. The van der Waals surface area contributed by atoms with E-state index in [0.29, 0.717) is 0 Å². The smallest absolute Gasteiger partial charge is 0.136 e. The van der Waals surface area contributed by atoms with Crippen LogP contribution in [0.5, 0.6) is 0 Å². The van der Waals surface area contributed by atoms with Gasteiger partial charge in [-0.15, -0.1) is 0 Å². The molecule has 0 N–H and O–H groups in total. The molecule has 0 bridgehead atoms. The van der Waals surface area contributed by atoms with Gasteiger partial charge in [0.2, 0.25) is 0 Å². The molecule has 1 aliphatic carbocycles. The van der Waals surface area contributed by atoms with Crippen molar-refractivity contribution in [1.82, 2.24) is 0 Å². The predicted molar refractivity (Wildman–Crippen MR) is 290 cm³/mol. The molecule has 11 aromatic carbocycles. The van der Waals surface area contributed by atoms with Crippen molar-refractivity contribution in [3.05, 3.63) is 277 Å². The first-order chi connectivity index (χ1) is 33.9. The van der Waals surface area contributed by atoms with Crippen molar-refractivity contribution in [2.45, 2.75) is 25.2 Å². The van der Waals surface area contributed by atoms with E-state index < -0.39 is 0 Å². The Labute approximate surface area is 403 Å². The van der Waals surface area contributed by atoms with Crippen molar-refractivity contribution in [2.75, 3.05) is 0 Å². The summed E-state index contributed by atoms with van der Waals surface area (Å²) in [5.41, 5.74) is 23.0. The highest BCUT2D eigenvalue weighted by atomic mass is 16.3. The lowest BCUT2D eigenvalue weighted by molar-refractivity contribution is 0.659. The third kappa shape index (κ3) is 7.18. The van der Waals surface area contributed by atoms with Gasteiger partial charge >= 0.3 is 0 Å². The van der Waals surface area contributed by atoms with Crippen LogP contribution >= 0.6 is 0 Å². The number of furan rings is 1. The Morgan fingerprint density at radius 1 is 0.290 bits per heavy atom. The SMILES string of the molecule is CC1(C)c2cc(-c3ccc4ccccc4c3)ccc2-c2ccc(C(c3ccc(-c4ccc(-c5ccccc5)cc4)cc3)c3ccc(-c4ccc(-c5ccc6c(c5)oc5ccccc56)cc4)cc3)cc21. The Morgan fingerprint density at radius 2 is 0.710 bits per heavy atom. The van der Waals surface area contributed by atoms with Crippen molar-refractivity contribution in [1.29, 1.82) is 0 Å². The summed E-state index contributed by atoms with van der Waals surface area (Å²) in [6.07, 6.45) is 0. The second-order valence-corrected chi connectivity index (χ2v) is 19.3. The molecule has 13 rings (SSSR count). The topological polar surface area (TPSA) is 13.1 Å². The van der Waals surface area contributed by atoms with Crippen LogP contribution in [0.4, 0.5) is 0 Å². The molecule has 0 saturated carbocycles. The quantitative estimate of drug-likeness (QED) is 0.139. The zero-order valence-corrected chi connectivity index (χ0v) is 38.7. The van der Waals surface area contributed by atoms with Gasteiger partial charge in [-0.3, -0.25) is 0 Å². The minimum absolute atomic E-state index is 0.0297. The maximum Gasteiger partial charge on any atom is 0.136 e. The molecule has 0 fully saturated rings. The van der Waals surface area contributed by atoms with Crippen LogP contribution in [-0.2, 0) is 5.41 Å². The van der Waals surface area contributed by atoms with Crippen LogP contribution in [0, 0.1) is 0 Å². The number of benzene rings is 11. The van der Waals surface area contributed by atoms with Gasteiger partial charge in [0, 0.05) is 22.1 Å². The highest BCUT2D eigenvalue weighted by molar-refractivity contribution is 6.06. The van der Waals surface area contributed by atoms with E-state index in [1.54, 1.807) is 0 Å². The molecule has 0 radical (unpaired) electrons. The minimum atomic E-state index is -0.179. The summed E-state index contributed by atoms with van der Waals surface area (Å²) >= 11 is 0. The zero-order chi connectivity index (χ0) is 46.1. The normalized spacial score (nSPS) is 13.1. The van der Waals surface area contributed by atoms with Crippen LogP contribution in [0.2, 0.25) is 0 Å². The van der Waals surface area contributed by atoms with Gasteiger partial charge in [-0.2, -0.15) is 0 Å². The molecule has 69 heavy (non-hydrogen) atoms. The number of hydrogen-bond acceptors (Lipinski definition) is 1. The molecule has 1 aliphatic rings. The van der Waals surface area contributed by atoms with Crippen molar-refractivity contribution < 1.29 is 4.42 Å². The summed E-state index contributed by atoms with van der Waals surface area (Å²) in [5, 5.41) is 4.83. The molecule has 12 aromatic rings. The van der Waals surface area contributed by atoms with Crippen LogP contribution < -0.4 is 0 Å². The van der Waals surface area contributed by atoms with E-state index in [-0.39, 0.29) is 11.3 Å². The molecule has 1 atom stereocenters. The predicted octanol–water partition coefficient (Wildman–Crippen LogP) is 18.6. The highest BCUT2D eigenvalue weighted by Gasteiger charge is 2.36. The zero-order valence-electron chi connectivity index (χ0n) is 38.7. The van der Waals surface area contributed by atoms with Gasteiger partial charge in [0.05, 0.1) is 0 Å². The molecule has 1 aromatic heterocycles. The number of hydrogen-bond donors (Lipinski definition) is 0. The van der Waals surface area contributed by atoms with E-state index in [2.05, 4.69) is 250 Å². The second-order valence-electron chi connectivity index (χ2n) is 19.3. The third-order valence-corrected chi connectivity index (χ3v) is 14.9. The largest absolute Gasteiger partial charge is 0.456 e. The van der Waals surface area contributed by atoms with E-state index in [1.807, 2.05) is 12.1 Å². The second kappa shape index (κ2) is 16.4. The summed E-state index contributed by atoms with van der Waals surface area (Å²) in [7, 11) is 0. The van der Waals surface area contributed by atoms with Crippen molar-refractivity contribution in [3.8, 4) is 66.8 Å². The molecule has 1 nitrogen and oxygen atoms in total. The standard InChI is InChI=1S/C68H48O/c1-68(2)63-41-56(55-33-28-45-12-6-7-13-54(45)40-55)34-37-59(63)60-38-36-58(42-64(60)68)67(52-29-24-49(25-30-52)47-18-16-46(17-19-47)44-10-4-3-5-11-44)53-31-26-50(27-32-53)48-20-22-51(23-21-48)57-35-39-62-61-14-8-9-15-65(61)69-66(62)43-57/h3-43,67H,1-2H3. The number of rotatable bonds is 8. The Balaban J connectivity index is 0.838. The van der Waals surface area contributed by atoms with Gasteiger partial charge in [0.25, 0.3) is 0 Å². The molecule has 1 heteroatoms. The Bertz CT molecular complexity index is 3870. The van der Waals surface area contributed by atoms with Gasteiger partial charge in [0.1, 0.15) is 11.2 Å². The lowest BCUT2D eigenvalue weighted by atomic mass is 9.78. The van der Waals surface area contributed by atoms with Crippen molar-refractivity contribution in [3.63, 3.8) is 0 Å². The monoisotopic (exact) mass is 880 g/mol. The Kier molecular flexibility index (Phi) is 9.66. The fraction of sp³-hybridized carbons (Fsp3) is 0.0588. The Morgan fingerprint density at radius 3 is 1.36 bits per heavy atom. The third-order valence-electron chi connectivity index (χ3n) is 14.9. The summed E-state index contributed by atoms with van der Waals surface area (Å²) < 4.78 is 6.22. The average molecular weight is 881 g/mol. The number of fused-ring (bicyclic) bond motifs is 7. The van der Waals surface area contributed by atoms with Crippen LogP contribution in [0.25, 0.3) is 99.5 Å². The molecular formula is C68H48O. The van der Waals surface area contributed by atoms with Crippen LogP contribution in [0.3, 0.4) is 0 Å². The number of para-hydroxylation sites is 1. The van der Waals surface area contributed by atoms with Gasteiger partial charge in [-0.25, -0.2) is 0 Å². The van der Waals surface area contributed by atoms with E-state index >= 15 is 0 Å². The van der Waals surface area contributed by atoms with Crippen LogP contribution in [0.15, 0.2) is 253 Å². The molecule has 0 amide bonds. The first-order valence-corrected chi connectivity index (χ1v) is 24.1. The maximum absolute atomic E-state index is 6.22. The molecule has 0 aliphatic heterocycles. The summed E-state index contributed by atoms with van der Waals surface area (Å²) in [4.78, 5) is 0. The van der Waals surface area contributed by atoms with Crippen LogP contribution in [-0.4, -0.2) is 0 Å². The maximum atomic E-state index is 6.22. The molecule has 0 spiro atoms.